The summed E-state index contributed by atoms with van der Waals surface area (Å²) < 4.78 is 0. The van der Waals surface area contributed by atoms with Crippen LogP contribution in [0.5, 0.6) is 0 Å². The molecule has 5 heteroatoms. The van der Waals surface area contributed by atoms with Gasteiger partial charge in [0.05, 0.1) is 6.33 Å². The second-order valence-corrected chi connectivity index (χ2v) is 4.93. The van der Waals surface area contributed by atoms with Crippen LogP contribution in [0.3, 0.4) is 0 Å². The number of hydrogen-bond donors (Lipinski definition) is 2. The molecule has 0 radical (unpaired) electrons. The quantitative estimate of drug-likeness (QED) is 0.795. The smallest absolute Gasteiger partial charge is 0.252 e. The molecule has 1 aromatic heterocycles. The van der Waals surface area contributed by atoms with Crippen LogP contribution in [0.4, 0.5) is 5.82 Å². The van der Waals surface area contributed by atoms with Gasteiger partial charge >= 0.3 is 0 Å². The summed E-state index contributed by atoms with van der Waals surface area (Å²) in [7, 11) is 0. The van der Waals surface area contributed by atoms with Gasteiger partial charge in [0.25, 0.3) is 5.56 Å². The highest BCUT2D eigenvalue weighted by Crippen LogP contribution is 2.28. The molecule has 3 heterocycles. The summed E-state index contributed by atoms with van der Waals surface area (Å²) >= 11 is 0. The van der Waals surface area contributed by atoms with Crippen molar-refractivity contribution in [3.63, 3.8) is 0 Å². The number of aromatic amines is 1. The van der Waals surface area contributed by atoms with Gasteiger partial charge in [-0.25, -0.2) is 4.98 Å². The third-order valence-corrected chi connectivity index (χ3v) is 3.87. The molecule has 2 fully saturated rings. The maximum atomic E-state index is 11.2. The van der Waals surface area contributed by atoms with Crippen LogP contribution < -0.4 is 10.9 Å². The maximum Gasteiger partial charge on any atom is 0.252 e. The second kappa shape index (κ2) is 4.49. The minimum Gasteiger partial charge on any atom is -0.365 e. The molecule has 3 rings (SSSR count). The number of aromatic nitrogens is 2. The van der Waals surface area contributed by atoms with Crippen LogP contribution in [0.25, 0.3) is 0 Å². The van der Waals surface area contributed by atoms with Gasteiger partial charge in [0, 0.05) is 24.7 Å². The summed E-state index contributed by atoms with van der Waals surface area (Å²) in [4.78, 5) is 20.5. The van der Waals surface area contributed by atoms with E-state index < -0.39 is 0 Å². The van der Waals surface area contributed by atoms with Crippen LogP contribution >= 0.6 is 0 Å². The Morgan fingerprint density at radius 1 is 1.35 bits per heavy atom. The molecule has 2 aliphatic heterocycles. The zero-order valence-electron chi connectivity index (χ0n) is 9.85. The van der Waals surface area contributed by atoms with Gasteiger partial charge in [-0.2, -0.15) is 0 Å². The minimum atomic E-state index is -0.0963. The van der Waals surface area contributed by atoms with E-state index in [4.69, 9.17) is 0 Å². The highest BCUT2D eigenvalue weighted by atomic mass is 16.1. The molecule has 2 aliphatic rings. The van der Waals surface area contributed by atoms with E-state index in [0.29, 0.717) is 17.9 Å². The second-order valence-electron chi connectivity index (χ2n) is 4.93. The van der Waals surface area contributed by atoms with Crippen molar-refractivity contribution in [3.8, 4) is 0 Å². The normalized spacial score (nSPS) is 28.9. The van der Waals surface area contributed by atoms with Crippen LogP contribution in [0.15, 0.2) is 17.2 Å². The summed E-state index contributed by atoms with van der Waals surface area (Å²) in [6, 6.07) is 2.61. The van der Waals surface area contributed by atoms with Crippen molar-refractivity contribution in [2.45, 2.75) is 37.8 Å². The molecule has 2 saturated heterocycles. The molecular formula is C12H18N4O. The predicted octanol–water partition coefficient (Wildman–Crippen LogP) is 0.809. The molecule has 0 aromatic carbocycles. The fourth-order valence-electron chi connectivity index (χ4n) is 3.05. The Balaban J connectivity index is 1.71. The maximum absolute atomic E-state index is 11.2. The van der Waals surface area contributed by atoms with Crippen LogP contribution in [-0.2, 0) is 0 Å². The molecule has 92 valence electrons. The Hall–Kier alpha value is -1.36. The lowest BCUT2D eigenvalue weighted by molar-refractivity contribution is 0.192. The molecular weight excluding hydrogens is 216 g/mol. The molecule has 2 unspecified atom stereocenters. The summed E-state index contributed by atoms with van der Waals surface area (Å²) in [5.41, 5.74) is -0.0963. The van der Waals surface area contributed by atoms with E-state index in [0.717, 1.165) is 6.42 Å². The largest absolute Gasteiger partial charge is 0.365 e. The summed E-state index contributed by atoms with van der Waals surface area (Å²) in [5.74, 6) is 0.700. The van der Waals surface area contributed by atoms with Gasteiger partial charge in [-0.3, -0.25) is 9.69 Å². The number of fused-ring (bicyclic) bond motifs is 1. The van der Waals surface area contributed by atoms with E-state index in [9.17, 15) is 4.79 Å². The Labute approximate surface area is 100 Å². The first kappa shape index (κ1) is 10.8. The van der Waals surface area contributed by atoms with Gasteiger partial charge in [-0.1, -0.05) is 6.42 Å². The van der Waals surface area contributed by atoms with Gasteiger partial charge in [0.15, 0.2) is 0 Å². The van der Waals surface area contributed by atoms with E-state index >= 15 is 0 Å². The SMILES string of the molecule is O=c1cc(NC2CCN3CCCCC23)nc[nH]1. The molecule has 17 heavy (non-hydrogen) atoms. The lowest BCUT2D eigenvalue weighted by Crippen LogP contribution is -2.41. The van der Waals surface area contributed by atoms with Gasteiger partial charge < -0.3 is 10.3 Å². The van der Waals surface area contributed by atoms with Gasteiger partial charge in [0.2, 0.25) is 0 Å². The zero-order valence-corrected chi connectivity index (χ0v) is 9.85. The van der Waals surface area contributed by atoms with Crippen LogP contribution in [0, 0.1) is 0 Å². The van der Waals surface area contributed by atoms with Crippen molar-refractivity contribution in [1.29, 1.82) is 0 Å². The summed E-state index contributed by atoms with van der Waals surface area (Å²) in [6.45, 7) is 2.40. The average Bonchev–Trinajstić information content (AvgIpc) is 2.73. The van der Waals surface area contributed by atoms with E-state index in [2.05, 4.69) is 20.2 Å². The summed E-state index contributed by atoms with van der Waals surface area (Å²) in [6.07, 6.45) is 6.52. The highest BCUT2D eigenvalue weighted by molar-refractivity contribution is 5.34. The van der Waals surface area contributed by atoms with Gasteiger partial charge in [0.1, 0.15) is 5.82 Å². The lowest BCUT2D eigenvalue weighted by atomic mass is 9.99. The fourth-order valence-corrected chi connectivity index (χ4v) is 3.05. The molecule has 2 atom stereocenters. The predicted molar refractivity (Wildman–Crippen MR) is 66.1 cm³/mol. The molecule has 0 aliphatic carbocycles. The number of H-pyrrole nitrogens is 1. The van der Waals surface area contributed by atoms with Crippen molar-refractivity contribution >= 4 is 5.82 Å². The van der Waals surface area contributed by atoms with E-state index in [1.807, 2.05) is 0 Å². The van der Waals surface area contributed by atoms with Crippen LogP contribution in [-0.4, -0.2) is 40.0 Å². The molecule has 5 nitrogen and oxygen atoms in total. The molecule has 0 amide bonds. The highest BCUT2D eigenvalue weighted by Gasteiger charge is 2.35. The fraction of sp³-hybridized carbons (Fsp3) is 0.667. The Morgan fingerprint density at radius 2 is 2.29 bits per heavy atom. The molecule has 2 N–H and O–H groups in total. The van der Waals surface area contributed by atoms with E-state index in [1.54, 1.807) is 0 Å². The van der Waals surface area contributed by atoms with Crippen molar-refractivity contribution < 1.29 is 0 Å². The summed E-state index contributed by atoms with van der Waals surface area (Å²) in [5, 5.41) is 3.41. The van der Waals surface area contributed by atoms with E-state index in [1.165, 1.54) is 44.7 Å². The Kier molecular flexibility index (Phi) is 2.84. The van der Waals surface area contributed by atoms with Crippen LogP contribution in [0.2, 0.25) is 0 Å². The van der Waals surface area contributed by atoms with E-state index in [-0.39, 0.29) is 5.56 Å². The standard InChI is InChI=1S/C12H18N4O/c17-12-7-11(13-8-14-12)15-9-4-6-16-5-2-1-3-10(9)16/h7-10H,1-6H2,(H2,13,14,15,17). The average molecular weight is 234 g/mol. The topological polar surface area (TPSA) is 61.0 Å². The van der Waals surface area contributed by atoms with Crippen molar-refractivity contribution in [3.05, 3.63) is 22.7 Å². The van der Waals surface area contributed by atoms with Gasteiger partial charge in [-0.05, 0) is 25.8 Å². The molecule has 0 saturated carbocycles. The van der Waals surface area contributed by atoms with Gasteiger partial charge in [-0.15, -0.1) is 0 Å². The Morgan fingerprint density at radius 3 is 3.18 bits per heavy atom. The van der Waals surface area contributed by atoms with Crippen molar-refractivity contribution in [1.82, 2.24) is 14.9 Å². The number of rotatable bonds is 2. The molecule has 0 bridgehead atoms. The monoisotopic (exact) mass is 234 g/mol. The number of nitrogens with one attached hydrogen (secondary N) is 2. The molecule has 1 aromatic rings. The first-order valence-electron chi connectivity index (χ1n) is 6.38. The number of piperidine rings is 1. The van der Waals surface area contributed by atoms with Crippen molar-refractivity contribution in [2.75, 3.05) is 18.4 Å². The number of hydrogen-bond acceptors (Lipinski definition) is 4. The first-order valence-corrected chi connectivity index (χ1v) is 6.38. The zero-order chi connectivity index (χ0) is 11.7. The first-order chi connectivity index (χ1) is 8.33. The lowest BCUT2D eigenvalue weighted by Gasteiger charge is -2.32. The minimum absolute atomic E-state index is 0.0963. The third kappa shape index (κ3) is 2.20. The van der Waals surface area contributed by atoms with Crippen LogP contribution in [0.1, 0.15) is 25.7 Å². The number of anilines is 1. The third-order valence-electron chi connectivity index (χ3n) is 3.87. The number of nitrogens with zero attached hydrogens (tertiary/aromatic N) is 2. The Bertz CT molecular complexity index is 444. The van der Waals surface area contributed by atoms with Crippen molar-refractivity contribution in [2.24, 2.45) is 0 Å². The molecule has 0 spiro atoms.